The van der Waals surface area contributed by atoms with E-state index in [0.717, 1.165) is 89.9 Å². The van der Waals surface area contributed by atoms with Crippen LogP contribution in [0.5, 0.6) is 0 Å². The van der Waals surface area contributed by atoms with Gasteiger partial charge < -0.3 is 28.5 Å². The van der Waals surface area contributed by atoms with Gasteiger partial charge in [-0.3, -0.25) is 14.2 Å². The fraction of sp³-hybridized carbons (Fsp3) is 0.784. The zero-order valence-electron chi connectivity index (χ0n) is 55.8. The molecule has 0 rings (SSSR count). The van der Waals surface area contributed by atoms with Crippen LogP contribution in [-0.4, -0.2) is 69.4 Å². The number of unbranched alkanes of at least 4 members (excludes halogenated alkanes) is 36. The minimum Gasteiger partial charge on any atom is -0.756 e. The summed E-state index contributed by atoms with van der Waals surface area (Å²) < 4.78 is 30.4. The third-order valence-electron chi connectivity index (χ3n) is 15.6. The molecular formula is C74H135N2O7P. The van der Waals surface area contributed by atoms with Gasteiger partial charge in [-0.05, 0) is 102 Å². The van der Waals surface area contributed by atoms with Gasteiger partial charge in [-0.2, -0.15) is 0 Å². The number of amides is 1. The van der Waals surface area contributed by atoms with Gasteiger partial charge >= 0.3 is 5.97 Å². The molecular weight excluding hydrogens is 1060 g/mol. The van der Waals surface area contributed by atoms with Crippen LogP contribution >= 0.6 is 7.82 Å². The van der Waals surface area contributed by atoms with Gasteiger partial charge in [0, 0.05) is 12.8 Å². The molecule has 0 aliphatic carbocycles. The first-order valence-corrected chi connectivity index (χ1v) is 36.9. The number of hydrogen-bond donors (Lipinski definition) is 1. The number of likely N-dealkylation sites (N-methyl/N-ethyl adjacent to an activating group) is 1. The predicted molar refractivity (Wildman–Crippen MR) is 362 cm³/mol. The van der Waals surface area contributed by atoms with Gasteiger partial charge in [0.2, 0.25) is 5.91 Å². The van der Waals surface area contributed by atoms with Crippen molar-refractivity contribution in [2.24, 2.45) is 0 Å². The SMILES string of the molecule is CC/C=C\C/C=C\C/C=C\C/C=C\C/C=C\CCCCCC(=O)OC(/C=C\CCCCCCCCCCCC)C(COP(=O)([O-])OCC[N+](C)(C)C)NC(=O)CCCCCCCCCCCCCCCCCCC/C=C/CCCCCCCC. The van der Waals surface area contributed by atoms with Crippen molar-refractivity contribution in [1.82, 2.24) is 5.32 Å². The Hall–Kier alpha value is -2.81. The summed E-state index contributed by atoms with van der Waals surface area (Å²) >= 11 is 0. The molecule has 1 amide bonds. The summed E-state index contributed by atoms with van der Waals surface area (Å²) in [7, 11) is 1.17. The Balaban J connectivity index is 5.06. The van der Waals surface area contributed by atoms with Crippen LogP contribution in [0.4, 0.5) is 0 Å². The van der Waals surface area contributed by atoms with Crippen LogP contribution in [0, 0.1) is 0 Å². The van der Waals surface area contributed by atoms with Crippen molar-refractivity contribution in [2.45, 2.75) is 335 Å². The van der Waals surface area contributed by atoms with E-state index in [1.54, 1.807) is 0 Å². The molecule has 0 saturated heterocycles. The summed E-state index contributed by atoms with van der Waals surface area (Å²) in [6.45, 7) is 6.73. The predicted octanol–water partition coefficient (Wildman–Crippen LogP) is 21.9. The molecule has 3 unspecified atom stereocenters. The summed E-state index contributed by atoms with van der Waals surface area (Å²) in [5, 5.41) is 3.03. The molecule has 3 atom stereocenters. The van der Waals surface area contributed by atoms with Crippen molar-refractivity contribution in [2.75, 3.05) is 40.9 Å². The summed E-state index contributed by atoms with van der Waals surface area (Å²) in [6.07, 6.45) is 84.3. The van der Waals surface area contributed by atoms with Crippen molar-refractivity contribution in [1.29, 1.82) is 0 Å². The zero-order chi connectivity index (χ0) is 61.4. The fourth-order valence-electron chi connectivity index (χ4n) is 10.1. The number of nitrogens with one attached hydrogen (secondary N) is 1. The largest absolute Gasteiger partial charge is 0.756 e. The van der Waals surface area contributed by atoms with Crippen molar-refractivity contribution < 1.29 is 37.3 Å². The summed E-state index contributed by atoms with van der Waals surface area (Å²) in [4.78, 5) is 40.1. The number of rotatable bonds is 64. The number of phosphoric acid groups is 1. The molecule has 0 aliphatic rings. The normalized spacial score (nSPS) is 14.0. The zero-order valence-corrected chi connectivity index (χ0v) is 56.7. The highest BCUT2D eigenvalue weighted by molar-refractivity contribution is 7.45. The van der Waals surface area contributed by atoms with E-state index in [2.05, 4.69) is 99.0 Å². The summed E-state index contributed by atoms with van der Waals surface area (Å²) in [5.74, 6) is -0.571. The minimum atomic E-state index is -4.71. The Labute approximate surface area is 520 Å². The van der Waals surface area contributed by atoms with Crippen LogP contribution in [0.15, 0.2) is 85.1 Å². The maximum absolute atomic E-state index is 13.6. The topological polar surface area (TPSA) is 114 Å². The van der Waals surface area contributed by atoms with E-state index in [-0.39, 0.29) is 24.9 Å². The molecule has 0 fully saturated rings. The number of allylic oxidation sites excluding steroid dienone is 13. The Bertz CT molecular complexity index is 1710. The average Bonchev–Trinajstić information content (AvgIpc) is 3.65. The third-order valence-corrected chi connectivity index (χ3v) is 16.5. The molecule has 488 valence electrons. The van der Waals surface area contributed by atoms with Crippen LogP contribution in [0.25, 0.3) is 0 Å². The lowest BCUT2D eigenvalue weighted by Crippen LogP contribution is -2.47. The van der Waals surface area contributed by atoms with E-state index in [4.69, 9.17) is 13.8 Å². The van der Waals surface area contributed by atoms with Gasteiger partial charge in [-0.1, -0.05) is 292 Å². The third kappa shape index (κ3) is 63.7. The van der Waals surface area contributed by atoms with E-state index in [1.807, 2.05) is 33.3 Å². The van der Waals surface area contributed by atoms with Gasteiger partial charge in [-0.25, -0.2) is 0 Å². The second-order valence-corrected chi connectivity index (χ2v) is 26.4. The molecule has 0 aromatic carbocycles. The van der Waals surface area contributed by atoms with E-state index in [1.165, 1.54) is 193 Å². The van der Waals surface area contributed by atoms with Crippen LogP contribution in [0.1, 0.15) is 323 Å². The number of carbonyl (C=O) groups excluding carboxylic acids is 2. The molecule has 9 nitrogen and oxygen atoms in total. The first-order chi connectivity index (χ1) is 40.9. The summed E-state index contributed by atoms with van der Waals surface area (Å²) in [5.41, 5.74) is 0. The fourth-order valence-corrected chi connectivity index (χ4v) is 10.9. The molecule has 0 aromatic rings. The molecule has 0 radical (unpaired) electrons. The maximum atomic E-state index is 13.6. The van der Waals surface area contributed by atoms with Crippen molar-refractivity contribution >= 4 is 19.7 Å². The van der Waals surface area contributed by atoms with Crippen LogP contribution in [-0.2, 0) is 27.9 Å². The standard InChI is InChI=1S/C74H135N2O7P/c1-7-10-13-16-19-22-25-28-30-32-34-35-36-37-38-39-40-41-43-44-46-48-51-54-57-60-63-66-73(77)75-71(70-82-84(79,80)81-69-68-76(4,5)6)72(65-62-59-56-53-50-27-24-21-18-15-12-9-3)83-74(78)67-64-61-58-55-52-49-47-45-42-33-31-29-26-23-20-17-14-11-8-2/h11,14,20,23,28-31,42,45,49,52,62,65,71-72H,7-10,12-13,15-19,21-22,24-27,32-41,43-44,46-48,50-51,53-61,63-64,66-70H2,1-6H3,(H-,75,77,79,80)/b14-11-,23-20-,30-28+,31-29-,45-42-,52-49-,65-62-. The Morgan fingerprint density at radius 1 is 0.429 bits per heavy atom. The average molecular weight is 1200 g/mol. The molecule has 0 aromatic heterocycles. The lowest BCUT2D eigenvalue weighted by molar-refractivity contribution is -0.870. The van der Waals surface area contributed by atoms with Crippen molar-refractivity contribution in [3.8, 4) is 0 Å². The molecule has 0 saturated carbocycles. The number of nitrogens with zero attached hydrogens (tertiary/aromatic N) is 1. The maximum Gasteiger partial charge on any atom is 0.306 e. The highest BCUT2D eigenvalue weighted by atomic mass is 31.2. The summed E-state index contributed by atoms with van der Waals surface area (Å²) in [6, 6.07) is -0.906. The van der Waals surface area contributed by atoms with E-state index in [0.29, 0.717) is 23.9 Å². The van der Waals surface area contributed by atoms with Crippen molar-refractivity contribution in [3.05, 3.63) is 85.1 Å². The van der Waals surface area contributed by atoms with Gasteiger partial charge in [0.05, 0.1) is 33.8 Å². The molecule has 0 spiro atoms. The van der Waals surface area contributed by atoms with Gasteiger partial charge in [0.15, 0.2) is 0 Å². The first-order valence-electron chi connectivity index (χ1n) is 35.4. The molecule has 10 heteroatoms. The molecule has 0 heterocycles. The van der Waals surface area contributed by atoms with Gasteiger partial charge in [0.25, 0.3) is 7.82 Å². The second kappa shape index (κ2) is 63.2. The van der Waals surface area contributed by atoms with E-state index >= 15 is 0 Å². The molecule has 1 N–H and O–H groups in total. The number of phosphoric ester groups is 1. The Kier molecular flexibility index (Phi) is 61.1. The number of hydrogen-bond acceptors (Lipinski definition) is 7. The van der Waals surface area contributed by atoms with Gasteiger partial charge in [-0.15, -0.1) is 0 Å². The second-order valence-electron chi connectivity index (χ2n) is 25.0. The van der Waals surface area contributed by atoms with Crippen molar-refractivity contribution in [3.63, 3.8) is 0 Å². The lowest BCUT2D eigenvalue weighted by Gasteiger charge is -2.30. The molecule has 0 bridgehead atoms. The van der Waals surface area contributed by atoms with Crippen LogP contribution in [0.3, 0.4) is 0 Å². The smallest absolute Gasteiger partial charge is 0.306 e. The number of esters is 1. The van der Waals surface area contributed by atoms with E-state index < -0.39 is 26.6 Å². The number of quaternary nitrogens is 1. The number of ether oxygens (including phenoxy) is 1. The van der Waals surface area contributed by atoms with Crippen LogP contribution in [0.2, 0.25) is 0 Å². The Morgan fingerprint density at radius 2 is 0.762 bits per heavy atom. The van der Waals surface area contributed by atoms with Crippen LogP contribution < -0.4 is 10.2 Å². The minimum absolute atomic E-state index is 0.0298. The Morgan fingerprint density at radius 3 is 1.17 bits per heavy atom. The van der Waals surface area contributed by atoms with E-state index in [9.17, 15) is 19.0 Å². The first kappa shape index (κ1) is 81.2. The highest BCUT2D eigenvalue weighted by Gasteiger charge is 2.27. The monoisotopic (exact) mass is 1200 g/mol. The lowest BCUT2D eigenvalue weighted by atomic mass is 10.0. The molecule has 0 aliphatic heterocycles. The molecule has 84 heavy (non-hydrogen) atoms. The van der Waals surface area contributed by atoms with Gasteiger partial charge in [0.1, 0.15) is 19.3 Å². The highest BCUT2D eigenvalue weighted by Crippen LogP contribution is 2.38. The number of carbonyl (C=O) groups is 2. The quantitative estimate of drug-likeness (QED) is 0.0212.